The Kier molecular flexibility index (Phi) is 4.78. The average Bonchev–Trinajstić information content (AvgIpc) is 2.90. The summed E-state index contributed by atoms with van der Waals surface area (Å²) in [5.41, 5.74) is 3.42. The van der Waals surface area contributed by atoms with Crippen molar-refractivity contribution in [3.63, 3.8) is 0 Å². The second-order valence-corrected chi connectivity index (χ2v) is 6.74. The molecule has 7 heteroatoms. The minimum absolute atomic E-state index is 0.443. The van der Waals surface area contributed by atoms with Gasteiger partial charge in [-0.05, 0) is 13.0 Å². The number of aromatic nitrogens is 2. The summed E-state index contributed by atoms with van der Waals surface area (Å²) in [4.78, 5) is 10.1. The molecule has 0 atom stereocenters. The van der Waals surface area contributed by atoms with Gasteiger partial charge in [-0.2, -0.15) is 0 Å². The highest BCUT2D eigenvalue weighted by atomic mass is 35.5. The van der Waals surface area contributed by atoms with Crippen LogP contribution in [0.3, 0.4) is 0 Å². The van der Waals surface area contributed by atoms with Crippen molar-refractivity contribution >= 4 is 45.3 Å². The van der Waals surface area contributed by atoms with Gasteiger partial charge in [0.25, 0.3) is 0 Å². The van der Waals surface area contributed by atoms with Gasteiger partial charge in [0.2, 0.25) is 5.95 Å². The number of thiophene rings is 1. The first kappa shape index (κ1) is 16.4. The molecular weight excluding hydrogens is 342 g/mol. The van der Waals surface area contributed by atoms with Crippen LogP contribution in [-0.4, -0.2) is 23.2 Å². The van der Waals surface area contributed by atoms with Gasteiger partial charge in [-0.1, -0.05) is 29.8 Å². The van der Waals surface area contributed by atoms with E-state index in [2.05, 4.69) is 27.5 Å². The number of benzene rings is 1. The van der Waals surface area contributed by atoms with Gasteiger partial charge >= 0.3 is 0 Å². The molecule has 0 amide bonds. The van der Waals surface area contributed by atoms with Crippen LogP contribution in [0.5, 0.6) is 0 Å². The third-order valence-electron chi connectivity index (χ3n) is 3.46. The second kappa shape index (κ2) is 6.98. The topological polar surface area (TPSA) is 73.7 Å². The number of nitrogens with one attached hydrogen (secondary N) is 3. The van der Waals surface area contributed by atoms with Crippen molar-refractivity contribution in [2.75, 3.05) is 12.4 Å². The third kappa shape index (κ3) is 3.11. The quantitative estimate of drug-likeness (QED) is 0.590. The molecule has 0 aliphatic carbocycles. The molecule has 3 aromatic rings. The number of allylic oxidation sites excluding steroid dienone is 1. The summed E-state index contributed by atoms with van der Waals surface area (Å²) in [6, 6.07) is 7.75. The molecule has 5 nitrogen and oxygen atoms in total. The number of aryl methyl sites for hydroxylation is 1. The van der Waals surface area contributed by atoms with Crippen LogP contribution in [0.25, 0.3) is 21.3 Å². The summed E-state index contributed by atoms with van der Waals surface area (Å²) >= 11 is 8.02. The van der Waals surface area contributed by atoms with E-state index in [4.69, 9.17) is 17.0 Å². The molecule has 1 aromatic carbocycles. The van der Waals surface area contributed by atoms with Gasteiger partial charge in [0.1, 0.15) is 0 Å². The number of nitrogens with zero attached hydrogens (tertiary/aromatic N) is 2. The van der Waals surface area contributed by atoms with E-state index in [-0.39, 0.29) is 0 Å². The minimum atomic E-state index is 0.443. The smallest absolute Gasteiger partial charge is 0.227 e. The van der Waals surface area contributed by atoms with Crippen molar-refractivity contribution in [1.82, 2.24) is 15.3 Å². The van der Waals surface area contributed by atoms with Crippen LogP contribution in [0.15, 0.2) is 42.4 Å². The molecule has 0 saturated carbocycles. The lowest BCUT2D eigenvalue weighted by Gasteiger charge is -2.07. The molecule has 0 aliphatic rings. The van der Waals surface area contributed by atoms with Gasteiger partial charge in [-0.15, -0.1) is 11.3 Å². The van der Waals surface area contributed by atoms with Crippen molar-refractivity contribution in [1.29, 1.82) is 5.41 Å². The summed E-state index contributed by atoms with van der Waals surface area (Å²) in [5, 5.41) is 14.0. The zero-order chi connectivity index (χ0) is 17.1. The lowest BCUT2D eigenvalue weighted by Crippen LogP contribution is -2.08. The largest absolute Gasteiger partial charge is 0.392 e. The lowest BCUT2D eigenvalue weighted by atomic mass is 10.1. The molecule has 0 spiro atoms. The molecule has 0 fully saturated rings. The maximum absolute atomic E-state index is 7.42. The first-order valence-electron chi connectivity index (χ1n) is 7.30. The maximum atomic E-state index is 7.42. The van der Waals surface area contributed by atoms with Crippen molar-refractivity contribution in [3.8, 4) is 11.1 Å². The second-order valence-electron chi connectivity index (χ2n) is 5.08. The van der Waals surface area contributed by atoms with E-state index in [0.29, 0.717) is 16.7 Å². The Hall–Kier alpha value is -2.44. The van der Waals surface area contributed by atoms with Gasteiger partial charge in [-0.25, -0.2) is 9.97 Å². The number of fused-ring (bicyclic) bond motifs is 1. The van der Waals surface area contributed by atoms with E-state index in [1.54, 1.807) is 30.8 Å². The van der Waals surface area contributed by atoms with E-state index in [0.717, 1.165) is 26.2 Å². The molecular formula is C17H16ClN5S. The van der Waals surface area contributed by atoms with Crippen LogP contribution in [0.1, 0.15) is 4.88 Å². The highest BCUT2D eigenvalue weighted by molar-refractivity contribution is 7.19. The predicted octanol–water partition coefficient (Wildman–Crippen LogP) is 4.44. The van der Waals surface area contributed by atoms with Gasteiger partial charge < -0.3 is 16.0 Å². The number of hydrogen-bond acceptors (Lipinski definition) is 6. The Balaban J connectivity index is 2.12. The first-order valence-corrected chi connectivity index (χ1v) is 8.49. The fraction of sp³-hybridized carbons (Fsp3) is 0.118. The molecule has 2 heterocycles. The molecule has 0 bridgehead atoms. The van der Waals surface area contributed by atoms with E-state index in [9.17, 15) is 0 Å². The summed E-state index contributed by atoms with van der Waals surface area (Å²) in [6.45, 7) is 2.06. The molecule has 3 N–H and O–H groups in total. The van der Waals surface area contributed by atoms with E-state index in [1.807, 2.05) is 24.3 Å². The van der Waals surface area contributed by atoms with Crippen molar-refractivity contribution in [2.24, 2.45) is 0 Å². The van der Waals surface area contributed by atoms with E-state index < -0.39 is 0 Å². The molecule has 122 valence electrons. The molecule has 0 saturated heterocycles. The first-order chi connectivity index (χ1) is 11.6. The number of anilines is 1. The average molecular weight is 358 g/mol. The zero-order valence-electron chi connectivity index (χ0n) is 13.2. The highest BCUT2D eigenvalue weighted by Gasteiger charge is 2.16. The molecule has 0 radical (unpaired) electrons. The summed E-state index contributed by atoms with van der Waals surface area (Å²) in [6.07, 6.45) is 4.68. The Morgan fingerprint density at radius 1 is 1.33 bits per heavy atom. The van der Waals surface area contributed by atoms with Crippen LogP contribution < -0.4 is 10.6 Å². The fourth-order valence-corrected chi connectivity index (χ4v) is 3.67. The van der Waals surface area contributed by atoms with Crippen LogP contribution in [0.4, 0.5) is 5.95 Å². The monoisotopic (exact) mass is 357 g/mol. The molecule has 3 rings (SSSR count). The maximum Gasteiger partial charge on any atom is 0.227 e. The van der Waals surface area contributed by atoms with Gasteiger partial charge in [0, 0.05) is 40.5 Å². The Morgan fingerprint density at radius 2 is 2.12 bits per heavy atom. The normalized spacial score (nSPS) is 11.5. The number of rotatable bonds is 5. The Morgan fingerprint density at radius 3 is 2.83 bits per heavy atom. The molecule has 0 aliphatic heterocycles. The highest BCUT2D eigenvalue weighted by Crippen LogP contribution is 2.40. The van der Waals surface area contributed by atoms with Gasteiger partial charge in [0.15, 0.2) is 0 Å². The number of halogens is 1. The van der Waals surface area contributed by atoms with Crippen LogP contribution in [-0.2, 0) is 0 Å². The van der Waals surface area contributed by atoms with Crippen molar-refractivity contribution < 1.29 is 0 Å². The molecule has 24 heavy (non-hydrogen) atoms. The standard InChI is InChI=1S/C17H16ClN5S/c1-10-15(12-5-3-4-6-13(12)18)16-14(24-10)9-21-17(23-16)22-11(7-19)8-20-2/h3-9,19-20H,1-2H3,(H,21,22,23)/b11-8+,19-7?. The Labute approximate surface area is 148 Å². The fourth-order valence-electron chi connectivity index (χ4n) is 2.45. The molecule has 0 unspecified atom stereocenters. The lowest BCUT2D eigenvalue weighted by molar-refractivity contribution is 1.08. The summed E-state index contributed by atoms with van der Waals surface area (Å²) in [7, 11) is 1.77. The Bertz CT molecular complexity index is 932. The van der Waals surface area contributed by atoms with Crippen LogP contribution in [0.2, 0.25) is 5.02 Å². The van der Waals surface area contributed by atoms with Crippen molar-refractivity contribution in [2.45, 2.75) is 6.92 Å². The zero-order valence-corrected chi connectivity index (χ0v) is 14.8. The minimum Gasteiger partial charge on any atom is -0.392 e. The van der Waals surface area contributed by atoms with E-state index >= 15 is 0 Å². The van der Waals surface area contributed by atoms with Crippen LogP contribution in [0, 0.1) is 12.3 Å². The SMILES string of the molecule is CN/C=C(\C=N)Nc1ncc2sc(C)c(-c3ccccc3Cl)c2n1. The van der Waals surface area contributed by atoms with Crippen LogP contribution >= 0.6 is 22.9 Å². The summed E-state index contributed by atoms with van der Waals surface area (Å²) in [5.74, 6) is 0.443. The third-order valence-corrected chi connectivity index (χ3v) is 4.82. The van der Waals surface area contributed by atoms with Crippen molar-refractivity contribution in [3.05, 3.63) is 52.3 Å². The predicted molar refractivity (Wildman–Crippen MR) is 102 cm³/mol. The van der Waals surface area contributed by atoms with Gasteiger partial charge in [0.05, 0.1) is 22.1 Å². The van der Waals surface area contributed by atoms with E-state index in [1.165, 1.54) is 6.21 Å². The van der Waals surface area contributed by atoms with Gasteiger partial charge in [-0.3, -0.25) is 0 Å². The molecule has 2 aromatic heterocycles. The number of hydrogen-bond donors (Lipinski definition) is 3. The summed E-state index contributed by atoms with van der Waals surface area (Å²) < 4.78 is 1.00.